The Morgan fingerprint density at radius 1 is 1.00 bits per heavy atom. The van der Waals surface area contributed by atoms with E-state index in [0.29, 0.717) is 0 Å². The summed E-state index contributed by atoms with van der Waals surface area (Å²) in [6, 6.07) is 8.70. The zero-order valence-electron chi connectivity index (χ0n) is 11.4. The fourth-order valence-electron chi connectivity index (χ4n) is 2.30. The molecule has 0 heterocycles. The van der Waals surface area contributed by atoms with Crippen molar-refractivity contribution in [2.45, 2.75) is 64.8 Å². The molecule has 0 fully saturated rings. The summed E-state index contributed by atoms with van der Waals surface area (Å²) in [5.74, 6) is 0. The summed E-state index contributed by atoms with van der Waals surface area (Å²) in [5.41, 5.74) is 8.88. The van der Waals surface area contributed by atoms with Gasteiger partial charge in [0.2, 0.25) is 0 Å². The zero-order chi connectivity index (χ0) is 12.5. The largest absolute Gasteiger partial charge is 0.324 e. The monoisotopic (exact) mass is 233 g/mol. The van der Waals surface area contributed by atoms with Crippen LogP contribution in [0.25, 0.3) is 0 Å². The molecule has 0 aliphatic carbocycles. The SMILES string of the molecule is CCCCCCCCC(N)c1ccccc1C. The molecule has 1 rings (SSSR count). The lowest BCUT2D eigenvalue weighted by molar-refractivity contribution is 0.546. The van der Waals surface area contributed by atoms with Crippen molar-refractivity contribution in [3.8, 4) is 0 Å². The molecule has 0 saturated heterocycles. The highest BCUT2D eigenvalue weighted by atomic mass is 14.6. The molecular formula is C16H27N. The van der Waals surface area contributed by atoms with Crippen LogP contribution in [-0.2, 0) is 0 Å². The first-order valence-corrected chi connectivity index (χ1v) is 7.06. The van der Waals surface area contributed by atoms with E-state index in [2.05, 4.69) is 38.1 Å². The summed E-state index contributed by atoms with van der Waals surface area (Å²) >= 11 is 0. The molecule has 1 unspecified atom stereocenters. The van der Waals surface area contributed by atoms with Crippen molar-refractivity contribution in [3.63, 3.8) is 0 Å². The maximum atomic E-state index is 6.24. The van der Waals surface area contributed by atoms with Crippen molar-refractivity contribution in [3.05, 3.63) is 35.4 Å². The summed E-state index contributed by atoms with van der Waals surface area (Å²) < 4.78 is 0. The van der Waals surface area contributed by atoms with Crippen molar-refractivity contribution in [1.82, 2.24) is 0 Å². The average Bonchev–Trinajstić information content (AvgIpc) is 2.34. The molecule has 0 aromatic heterocycles. The Kier molecular flexibility index (Phi) is 6.95. The number of nitrogens with two attached hydrogens (primary N) is 1. The average molecular weight is 233 g/mol. The first-order chi connectivity index (χ1) is 8.25. The first kappa shape index (κ1) is 14.2. The summed E-state index contributed by atoms with van der Waals surface area (Å²) in [6.45, 7) is 4.41. The van der Waals surface area contributed by atoms with Crippen LogP contribution in [0, 0.1) is 6.92 Å². The highest BCUT2D eigenvalue weighted by Gasteiger charge is 2.07. The van der Waals surface area contributed by atoms with E-state index in [4.69, 9.17) is 5.73 Å². The molecule has 2 N–H and O–H groups in total. The van der Waals surface area contributed by atoms with E-state index in [-0.39, 0.29) is 6.04 Å². The summed E-state index contributed by atoms with van der Waals surface area (Å²) in [4.78, 5) is 0. The van der Waals surface area contributed by atoms with Crippen LogP contribution < -0.4 is 5.73 Å². The minimum atomic E-state index is 0.224. The van der Waals surface area contributed by atoms with Crippen LogP contribution >= 0.6 is 0 Å². The molecule has 0 spiro atoms. The predicted octanol–water partition coefficient (Wildman–Crippen LogP) is 4.75. The fourth-order valence-corrected chi connectivity index (χ4v) is 2.30. The van der Waals surface area contributed by atoms with Crippen LogP contribution in [0.5, 0.6) is 0 Å². The Bertz CT molecular complexity index is 306. The van der Waals surface area contributed by atoms with Gasteiger partial charge in [0.05, 0.1) is 0 Å². The molecule has 1 atom stereocenters. The maximum Gasteiger partial charge on any atom is 0.0297 e. The van der Waals surface area contributed by atoms with Gasteiger partial charge < -0.3 is 5.73 Å². The number of rotatable bonds is 8. The fraction of sp³-hybridized carbons (Fsp3) is 0.625. The molecule has 0 amide bonds. The molecular weight excluding hydrogens is 206 g/mol. The van der Waals surface area contributed by atoms with E-state index < -0.39 is 0 Å². The lowest BCUT2D eigenvalue weighted by Crippen LogP contribution is -2.11. The van der Waals surface area contributed by atoms with Gasteiger partial charge in [0.1, 0.15) is 0 Å². The molecule has 17 heavy (non-hydrogen) atoms. The summed E-state index contributed by atoms with van der Waals surface area (Å²) in [7, 11) is 0. The molecule has 0 saturated carbocycles. The van der Waals surface area contributed by atoms with Gasteiger partial charge in [0.25, 0.3) is 0 Å². The number of hydrogen-bond donors (Lipinski definition) is 1. The van der Waals surface area contributed by atoms with Gasteiger partial charge in [-0.2, -0.15) is 0 Å². The van der Waals surface area contributed by atoms with Crippen molar-refractivity contribution in [2.24, 2.45) is 5.73 Å². The minimum absolute atomic E-state index is 0.224. The normalized spacial score (nSPS) is 12.6. The van der Waals surface area contributed by atoms with Gasteiger partial charge in [-0.25, -0.2) is 0 Å². The first-order valence-electron chi connectivity index (χ1n) is 7.06. The van der Waals surface area contributed by atoms with E-state index in [0.717, 1.165) is 6.42 Å². The highest BCUT2D eigenvalue weighted by molar-refractivity contribution is 5.28. The topological polar surface area (TPSA) is 26.0 Å². The predicted molar refractivity (Wildman–Crippen MR) is 76.1 cm³/mol. The van der Waals surface area contributed by atoms with Crippen molar-refractivity contribution in [2.75, 3.05) is 0 Å². The Hall–Kier alpha value is -0.820. The van der Waals surface area contributed by atoms with Gasteiger partial charge in [0.15, 0.2) is 0 Å². The molecule has 0 radical (unpaired) electrons. The Morgan fingerprint density at radius 3 is 2.35 bits per heavy atom. The Balaban J connectivity index is 2.21. The van der Waals surface area contributed by atoms with Crippen LogP contribution in [0.4, 0.5) is 0 Å². The second kappa shape index (κ2) is 8.30. The van der Waals surface area contributed by atoms with Gasteiger partial charge in [0, 0.05) is 6.04 Å². The Morgan fingerprint density at radius 2 is 1.65 bits per heavy atom. The van der Waals surface area contributed by atoms with Crippen molar-refractivity contribution < 1.29 is 0 Å². The van der Waals surface area contributed by atoms with Crippen LogP contribution in [0.1, 0.15) is 69.0 Å². The van der Waals surface area contributed by atoms with Crippen LogP contribution in [-0.4, -0.2) is 0 Å². The standard InChI is InChI=1S/C16H27N/c1-3-4-5-6-7-8-13-16(17)15-12-10-9-11-14(15)2/h9-12,16H,3-8,13,17H2,1-2H3. The second-order valence-corrected chi connectivity index (χ2v) is 5.02. The zero-order valence-corrected chi connectivity index (χ0v) is 11.4. The van der Waals surface area contributed by atoms with Crippen LogP contribution in [0.2, 0.25) is 0 Å². The van der Waals surface area contributed by atoms with E-state index in [1.54, 1.807) is 0 Å². The van der Waals surface area contributed by atoms with Gasteiger partial charge in [-0.05, 0) is 24.5 Å². The third-order valence-corrected chi connectivity index (χ3v) is 3.46. The van der Waals surface area contributed by atoms with E-state index in [1.165, 1.54) is 49.7 Å². The summed E-state index contributed by atoms with van der Waals surface area (Å²) in [6.07, 6.45) is 9.17. The minimum Gasteiger partial charge on any atom is -0.324 e. The molecule has 96 valence electrons. The van der Waals surface area contributed by atoms with Gasteiger partial charge in [-0.15, -0.1) is 0 Å². The molecule has 0 aliphatic rings. The van der Waals surface area contributed by atoms with Crippen molar-refractivity contribution in [1.29, 1.82) is 0 Å². The van der Waals surface area contributed by atoms with Gasteiger partial charge >= 0.3 is 0 Å². The second-order valence-electron chi connectivity index (χ2n) is 5.02. The number of aryl methyl sites for hydroxylation is 1. The Labute approximate surface area is 106 Å². The van der Waals surface area contributed by atoms with Gasteiger partial charge in [-0.1, -0.05) is 69.7 Å². The smallest absolute Gasteiger partial charge is 0.0297 e. The molecule has 0 aliphatic heterocycles. The van der Waals surface area contributed by atoms with E-state index >= 15 is 0 Å². The lowest BCUT2D eigenvalue weighted by Gasteiger charge is -2.14. The highest BCUT2D eigenvalue weighted by Crippen LogP contribution is 2.20. The van der Waals surface area contributed by atoms with Crippen LogP contribution in [0.15, 0.2) is 24.3 Å². The van der Waals surface area contributed by atoms with E-state index in [9.17, 15) is 0 Å². The van der Waals surface area contributed by atoms with Crippen molar-refractivity contribution >= 4 is 0 Å². The third-order valence-electron chi connectivity index (χ3n) is 3.46. The molecule has 1 aromatic rings. The number of unbranched alkanes of at least 4 members (excludes halogenated alkanes) is 5. The molecule has 1 heteroatoms. The van der Waals surface area contributed by atoms with Crippen LogP contribution in [0.3, 0.4) is 0 Å². The van der Waals surface area contributed by atoms with E-state index in [1.807, 2.05) is 0 Å². The lowest BCUT2D eigenvalue weighted by atomic mass is 9.97. The number of hydrogen-bond acceptors (Lipinski definition) is 1. The molecule has 1 nitrogen and oxygen atoms in total. The third kappa shape index (κ3) is 5.36. The maximum absolute atomic E-state index is 6.24. The van der Waals surface area contributed by atoms with Gasteiger partial charge in [-0.3, -0.25) is 0 Å². The molecule has 1 aromatic carbocycles. The summed E-state index contributed by atoms with van der Waals surface area (Å²) in [5, 5.41) is 0. The number of benzene rings is 1. The molecule has 0 bridgehead atoms. The quantitative estimate of drug-likeness (QED) is 0.644.